The number of para-hydroxylation sites is 2. The lowest BCUT2D eigenvalue weighted by atomic mass is 10.1. The van der Waals surface area contributed by atoms with Gasteiger partial charge in [0.25, 0.3) is 0 Å². The number of rotatable bonds is 5. The smallest absolute Gasteiger partial charge is 0.306 e. The Hall–Kier alpha value is -1.51. The summed E-state index contributed by atoms with van der Waals surface area (Å²) in [6, 6.07) is 8.25. The third-order valence-corrected chi connectivity index (χ3v) is 3.23. The fourth-order valence-electron chi connectivity index (χ4n) is 2.51. The highest BCUT2D eigenvalue weighted by atomic mass is 16.1. The lowest BCUT2D eigenvalue weighted by Gasteiger charge is -2.17. The summed E-state index contributed by atoms with van der Waals surface area (Å²) >= 11 is 0. The van der Waals surface area contributed by atoms with Crippen LogP contribution in [0.1, 0.15) is 45.6 Å². The minimum Gasteiger partial charge on any atom is -0.306 e. The van der Waals surface area contributed by atoms with E-state index in [4.69, 9.17) is 0 Å². The van der Waals surface area contributed by atoms with Gasteiger partial charge in [0.05, 0.1) is 11.0 Å². The molecule has 0 spiro atoms. The SMILES string of the molecule is CCCC(CCC)n1c(=O)[nH]c2ccccc21. The molecule has 17 heavy (non-hydrogen) atoms. The van der Waals surface area contributed by atoms with Gasteiger partial charge in [-0.25, -0.2) is 4.79 Å². The lowest BCUT2D eigenvalue weighted by Crippen LogP contribution is -2.22. The van der Waals surface area contributed by atoms with Gasteiger partial charge in [0.15, 0.2) is 0 Å². The molecule has 0 aliphatic rings. The predicted molar refractivity (Wildman–Crippen MR) is 71.4 cm³/mol. The van der Waals surface area contributed by atoms with E-state index in [-0.39, 0.29) is 5.69 Å². The van der Waals surface area contributed by atoms with Crippen molar-refractivity contribution in [3.8, 4) is 0 Å². The summed E-state index contributed by atoms with van der Waals surface area (Å²) in [6.07, 6.45) is 4.35. The molecule has 2 aromatic rings. The summed E-state index contributed by atoms with van der Waals surface area (Å²) < 4.78 is 1.93. The van der Waals surface area contributed by atoms with E-state index in [1.165, 1.54) is 0 Å². The second kappa shape index (κ2) is 5.21. The Kier molecular flexibility index (Phi) is 3.67. The summed E-state index contributed by atoms with van der Waals surface area (Å²) in [6.45, 7) is 4.34. The van der Waals surface area contributed by atoms with Crippen LogP contribution in [0.5, 0.6) is 0 Å². The number of imidazole rings is 1. The first-order chi connectivity index (χ1) is 8.27. The number of aromatic amines is 1. The van der Waals surface area contributed by atoms with Crippen LogP contribution >= 0.6 is 0 Å². The van der Waals surface area contributed by atoms with Crippen LogP contribution < -0.4 is 5.69 Å². The summed E-state index contributed by atoms with van der Waals surface area (Å²) in [7, 11) is 0. The first kappa shape index (κ1) is 12.0. The van der Waals surface area contributed by atoms with Gasteiger partial charge in [-0.05, 0) is 25.0 Å². The van der Waals surface area contributed by atoms with Crippen molar-refractivity contribution >= 4 is 11.0 Å². The maximum Gasteiger partial charge on any atom is 0.326 e. The van der Waals surface area contributed by atoms with Gasteiger partial charge < -0.3 is 4.98 Å². The number of hydrogen-bond donors (Lipinski definition) is 1. The van der Waals surface area contributed by atoms with Crippen LogP contribution in [0.2, 0.25) is 0 Å². The Bertz CT molecular complexity index is 532. The number of H-pyrrole nitrogens is 1. The van der Waals surface area contributed by atoms with Crippen molar-refractivity contribution in [2.45, 2.75) is 45.6 Å². The van der Waals surface area contributed by atoms with Gasteiger partial charge in [-0.2, -0.15) is 0 Å². The minimum absolute atomic E-state index is 0.0260. The quantitative estimate of drug-likeness (QED) is 0.842. The summed E-state index contributed by atoms with van der Waals surface area (Å²) in [5, 5.41) is 0. The van der Waals surface area contributed by atoms with E-state index in [0.29, 0.717) is 6.04 Å². The van der Waals surface area contributed by atoms with Gasteiger partial charge >= 0.3 is 5.69 Å². The van der Waals surface area contributed by atoms with Crippen LogP contribution in [0.25, 0.3) is 11.0 Å². The van der Waals surface area contributed by atoms with E-state index in [9.17, 15) is 4.79 Å². The molecule has 0 aliphatic carbocycles. The molecule has 0 saturated heterocycles. The molecule has 0 atom stereocenters. The van der Waals surface area contributed by atoms with E-state index >= 15 is 0 Å². The molecule has 0 fully saturated rings. The first-order valence-corrected chi connectivity index (χ1v) is 6.47. The van der Waals surface area contributed by atoms with Gasteiger partial charge in [0, 0.05) is 6.04 Å². The Labute approximate surface area is 101 Å². The number of nitrogens with one attached hydrogen (secondary N) is 1. The molecular weight excluding hydrogens is 212 g/mol. The van der Waals surface area contributed by atoms with Crippen molar-refractivity contribution < 1.29 is 0 Å². The maximum absolute atomic E-state index is 12.0. The Balaban J connectivity index is 2.51. The number of nitrogens with zero attached hydrogens (tertiary/aromatic N) is 1. The Morgan fingerprint density at radius 1 is 1.18 bits per heavy atom. The normalized spacial score (nSPS) is 11.5. The van der Waals surface area contributed by atoms with Crippen molar-refractivity contribution in [2.75, 3.05) is 0 Å². The number of fused-ring (bicyclic) bond motifs is 1. The largest absolute Gasteiger partial charge is 0.326 e. The zero-order chi connectivity index (χ0) is 12.3. The highest BCUT2D eigenvalue weighted by molar-refractivity contribution is 5.75. The standard InChI is InChI=1S/C14H20N2O/c1-3-7-11(8-4-2)16-13-10-6-5-9-12(13)15-14(16)17/h5-6,9-11H,3-4,7-8H2,1-2H3,(H,15,17). The molecule has 0 aliphatic heterocycles. The molecule has 1 aromatic heterocycles. The average molecular weight is 232 g/mol. The van der Waals surface area contributed by atoms with Crippen molar-refractivity contribution in [1.82, 2.24) is 9.55 Å². The first-order valence-electron chi connectivity index (χ1n) is 6.47. The van der Waals surface area contributed by atoms with Crippen molar-refractivity contribution in [3.05, 3.63) is 34.7 Å². The predicted octanol–water partition coefficient (Wildman–Crippen LogP) is 3.47. The minimum atomic E-state index is 0.0260. The van der Waals surface area contributed by atoms with Crippen LogP contribution in [0.4, 0.5) is 0 Å². The lowest BCUT2D eigenvalue weighted by molar-refractivity contribution is 0.427. The van der Waals surface area contributed by atoms with Crippen LogP contribution in [-0.2, 0) is 0 Å². The summed E-state index contributed by atoms with van der Waals surface area (Å²) in [5.41, 5.74) is 2.00. The molecule has 1 N–H and O–H groups in total. The number of hydrogen-bond acceptors (Lipinski definition) is 1. The third kappa shape index (κ3) is 2.28. The number of benzene rings is 1. The van der Waals surface area contributed by atoms with E-state index in [1.807, 2.05) is 28.8 Å². The van der Waals surface area contributed by atoms with E-state index in [1.54, 1.807) is 0 Å². The van der Waals surface area contributed by atoms with Gasteiger partial charge in [-0.3, -0.25) is 4.57 Å². The second-order valence-corrected chi connectivity index (χ2v) is 4.55. The molecule has 2 rings (SSSR count). The van der Waals surface area contributed by atoms with Crippen LogP contribution in [0.3, 0.4) is 0 Å². The highest BCUT2D eigenvalue weighted by Gasteiger charge is 2.15. The topological polar surface area (TPSA) is 37.8 Å². The molecule has 3 nitrogen and oxygen atoms in total. The molecule has 0 unspecified atom stereocenters. The van der Waals surface area contributed by atoms with Gasteiger partial charge in [-0.15, -0.1) is 0 Å². The molecule has 92 valence electrons. The molecular formula is C14H20N2O. The van der Waals surface area contributed by atoms with Crippen molar-refractivity contribution in [3.63, 3.8) is 0 Å². The van der Waals surface area contributed by atoms with E-state index in [2.05, 4.69) is 18.8 Å². The van der Waals surface area contributed by atoms with Crippen molar-refractivity contribution in [1.29, 1.82) is 0 Å². The molecule has 0 saturated carbocycles. The van der Waals surface area contributed by atoms with E-state index in [0.717, 1.165) is 36.7 Å². The Morgan fingerprint density at radius 3 is 2.47 bits per heavy atom. The zero-order valence-corrected chi connectivity index (χ0v) is 10.6. The number of aromatic nitrogens is 2. The second-order valence-electron chi connectivity index (χ2n) is 4.55. The summed E-state index contributed by atoms with van der Waals surface area (Å²) in [5.74, 6) is 0. The van der Waals surface area contributed by atoms with Crippen molar-refractivity contribution in [2.24, 2.45) is 0 Å². The average Bonchev–Trinajstić information content (AvgIpc) is 2.64. The van der Waals surface area contributed by atoms with Crippen LogP contribution in [0.15, 0.2) is 29.1 Å². The molecule has 0 amide bonds. The van der Waals surface area contributed by atoms with Gasteiger partial charge in [0.1, 0.15) is 0 Å². The van der Waals surface area contributed by atoms with Crippen LogP contribution in [-0.4, -0.2) is 9.55 Å². The highest BCUT2D eigenvalue weighted by Crippen LogP contribution is 2.22. The fraction of sp³-hybridized carbons (Fsp3) is 0.500. The Morgan fingerprint density at radius 2 is 1.82 bits per heavy atom. The molecule has 0 radical (unpaired) electrons. The molecule has 3 heteroatoms. The molecule has 1 aromatic carbocycles. The van der Waals surface area contributed by atoms with Crippen LogP contribution in [0, 0.1) is 0 Å². The molecule has 0 bridgehead atoms. The van der Waals surface area contributed by atoms with E-state index < -0.39 is 0 Å². The fourth-order valence-corrected chi connectivity index (χ4v) is 2.51. The molecule has 1 heterocycles. The summed E-state index contributed by atoms with van der Waals surface area (Å²) in [4.78, 5) is 15.0. The van der Waals surface area contributed by atoms with Gasteiger partial charge in [0.2, 0.25) is 0 Å². The van der Waals surface area contributed by atoms with Gasteiger partial charge in [-0.1, -0.05) is 38.8 Å². The maximum atomic E-state index is 12.0. The zero-order valence-electron chi connectivity index (χ0n) is 10.6. The third-order valence-electron chi connectivity index (χ3n) is 3.23. The monoisotopic (exact) mass is 232 g/mol.